The Morgan fingerprint density at radius 1 is 1.37 bits per heavy atom. The van der Waals surface area contributed by atoms with Crippen molar-refractivity contribution in [1.29, 1.82) is 0 Å². The van der Waals surface area contributed by atoms with Crippen LogP contribution >= 0.6 is 0 Å². The van der Waals surface area contributed by atoms with Crippen molar-refractivity contribution in [3.05, 3.63) is 11.9 Å². The van der Waals surface area contributed by atoms with Gasteiger partial charge in [-0.05, 0) is 6.42 Å². The summed E-state index contributed by atoms with van der Waals surface area (Å²) in [7, 11) is 0. The zero-order valence-electron chi connectivity index (χ0n) is 10.4. The van der Waals surface area contributed by atoms with Gasteiger partial charge in [0.1, 0.15) is 11.6 Å². The van der Waals surface area contributed by atoms with Crippen LogP contribution in [0.4, 0.5) is 24.8 Å². The zero-order valence-corrected chi connectivity index (χ0v) is 10.4. The van der Waals surface area contributed by atoms with Gasteiger partial charge < -0.3 is 15.4 Å². The number of rotatable bonds is 6. The highest BCUT2D eigenvalue weighted by Crippen LogP contribution is 2.29. The number of anilines is 2. The van der Waals surface area contributed by atoms with Crippen LogP contribution in [0.25, 0.3) is 0 Å². The highest BCUT2D eigenvalue weighted by atomic mass is 19.4. The normalized spacial score (nSPS) is 11.5. The van der Waals surface area contributed by atoms with Crippen LogP contribution in [0.15, 0.2) is 6.07 Å². The zero-order chi connectivity index (χ0) is 14.5. The van der Waals surface area contributed by atoms with Crippen LogP contribution < -0.4 is 16.2 Å². The predicted molar refractivity (Wildman–Crippen MR) is 64.4 cm³/mol. The molecule has 0 saturated heterocycles. The summed E-state index contributed by atoms with van der Waals surface area (Å²) >= 11 is 0. The maximum absolute atomic E-state index is 12.7. The lowest BCUT2D eigenvalue weighted by Crippen LogP contribution is -2.29. The topological polar surface area (TPSA) is 87.3 Å². The number of nitrogen functional groups attached to an aromatic ring is 1. The Kier molecular flexibility index (Phi) is 5.31. The first-order valence-electron chi connectivity index (χ1n) is 5.71. The van der Waals surface area contributed by atoms with Crippen molar-refractivity contribution in [3.8, 4) is 0 Å². The second-order valence-electron chi connectivity index (χ2n) is 3.79. The smallest absolute Gasteiger partial charge is 0.395 e. The number of nitrogens with one attached hydrogen (secondary N) is 1. The molecule has 0 radical (unpaired) electrons. The third-order valence-electron chi connectivity index (χ3n) is 2.30. The third kappa shape index (κ3) is 4.21. The summed E-state index contributed by atoms with van der Waals surface area (Å²) in [5, 5.41) is 8.93. The van der Waals surface area contributed by atoms with Crippen LogP contribution in [0.3, 0.4) is 0 Å². The van der Waals surface area contributed by atoms with Crippen molar-refractivity contribution in [1.82, 2.24) is 9.97 Å². The summed E-state index contributed by atoms with van der Waals surface area (Å²) < 4.78 is 38.0. The van der Waals surface area contributed by atoms with E-state index < -0.39 is 12.0 Å². The molecule has 0 bridgehead atoms. The molecule has 1 rings (SSSR count). The fourth-order valence-electron chi connectivity index (χ4n) is 1.53. The number of aromatic nitrogens is 2. The van der Waals surface area contributed by atoms with E-state index in [0.29, 0.717) is 13.0 Å². The molecule has 108 valence electrons. The average Bonchev–Trinajstić information content (AvgIpc) is 2.37. The Morgan fingerprint density at radius 3 is 2.53 bits per heavy atom. The van der Waals surface area contributed by atoms with Gasteiger partial charge in [0, 0.05) is 19.2 Å². The average molecular weight is 279 g/mol. The molecule has 9 heteroatoms. The minimum Gasteiger partial charge on any atom is -0.395 e. The molecule has 0 amide bonds. The number of nitrogens with zero attached hydrogens (tertiary/aromatic N) is 3. The number of hydrogen-bond donors (Lipinski definition) is 3. The highest BCUT2D eigenvalue weighted by molar-refractivity contribution is 5.49. The molecule has 19 heavy (non-hydrogen) atoms. The summed E-state index contributed by atoms with van der Waals surface area (Å²) in [6.07, 6.45) is -3.95. The van der Waals surface area contributed by atoms with Crippen molar-refractivity contribution in [2.45, 2.75) is 19.5 Å². The molecule has 1 heterocycles. The molecule has 0 aliphatic carbocycles. The molecule has 1 aromatic rings. The molecule has 4 N–H and O–H groups in total. The van der Waals surface area contributed by atoms with Crippen molar-refractivity contribution in [2.24, 2.45) is 5.84 Å². The molecule has 1 aromatic heterocycles. The first kappa shape index (κ1) is 15.4. The molecule has 0 aliphatic rings. The Bertz CT molecular complexity index is 407. The summed E-state index contributed by atoms with van der Waals surface area (Å²) in [5.41, 5.74) is 2.08. The summed E-state index contributed by atoms with van der Waals surface area (Å²) in [6.45, 7) is 2.35. The second kappa shape index (κ2) is 6.53. The third-order valence-corrected chi connectivity index (χ3v) is 2.30. The molecule has 0 unspecified atom stereocenters. The van der Waals surface area contributed by atoms with Gasteiger partial charge in [0.15, 0.2) is 0 Å². The molecule has 0 saturated carbocycles. The van der Waals surface area contributed by atoms with Crippen LogP contribution in [0.2, 0.25) is 0 Å². The van der Waals surface area contributed by atoms with Crippen molar-refractivity contribution < 1.29 is 18.3 Å². The molecule has 6 nitrogen and oxygen atoms in total. The van der Waals surface area contributed by atoms with E-state index in [-0.39, 0.29) is 24.8 Å². The monoisotopic (exact) mass is 279 g/mol. The number of aliphatic hydroxyl groups excluding tert-OH is 1. The Morgan fingerprint density at radius 2 is 2.05 bits per heavy atom. The number of nitrogens with two attached hydrogens (primary N) is 1. The lowest BCUT2D eigenvalue weighted by atomic mass is 10.3. The number of aliphatic hydroxyl groups is 1. The summed E-state index contributed by atoms with van der Waals surface area (Å²) in [4.78, 5) is 8.28. The molecule has 0 atom stereocenters. The van der Waals surface area contributed by atoms with Crippen LogP contribution in [0, 0.1) is 0 Å². The van der Waals surface area contributed by atoms with E-state index in [4.69, 9.17) is 10.9 Å². The van der Waals surface area contributed by atoms with Crippen molar-refractivity contribution >= 4 is 11.6 Å². The van der Waals surface area contributed by atoms with E-state index in [0.717, 1.165) is 0 Å². The SMILES string of the molecule is CCCN(CCO)c1cc(NN)nc(C(F)(F)F)n1. The fraction of sp³-hybridized carbons (Fsp3) is 0.600. The minimum atomic E-state index is -4.65. The lowest BCUT2D eigenvalue weighted by Gasteiger charge is -2.23. The largest absolute Gasteiger partial charge is 0.451 e. The standard InChI is InChI=1S/C10H16F3N5O/c1-2-3-18(4-5-19)8-6-7(17-14)15-9(16-8)10(11,12)13/h6,19H,2-5,14H2,1H3,(H,15,16,17). The van der Waals surface area contributed by atoms with Gasteiger partial charge >= 0.3 is 6.18 Å². The van der Waals surface area contributed by atoms with Gasteiger partial charge in [-0.1, -0.05) is 6.92 Å². The predicted octanol–water partition coefficient (Wildman–Crippen LogP) is 0.990. The van der Waals surface area contributed by atoms with Crippen LogP contribution in [-0.2, 0) is 6.18 Å². The quantitative estimate of drug-likeness (QED) is 0.532. The highest BCUT2D eigenvalue weighted by Gasteiger charge is 2.35. The van der Waals surface area contributed by atoms with E-state index >= 15 is 0 Å². The van der Waals surface area contributed by atoms with Crippen molar-refractivity contribution in [3.63, 3.8) is 0 Å². The second-order valence-corrected chi connectivity index (χ2v) is 3.79. The van der Waals surface area contributed by atoms with E-state index in [1.54, 1.807) is 0 Å². The first-order valence-corrected chi connectivity index (χ1v) is 5.71. The molecular formula is C10H16F3N5O. The Hall–Kier alpha value is -1.61. The van der Waals surface area contributed by atoms with Gasteiger partial charge in [-0.2, -0.15) is 13.2 Å². The lowest BCUT2D eigenvalue weighted by molar-refractivity contribution is -0.144. The van der Waals surface area contributed by atoms with E-state index in [1.807, 2.05) is 6.92 Å². The maximum atomic E-state index is 12.7. The summed E-state index contributed by atoms with van der Waals surface area (Å²) in [5.74, 6) is 3.78. The molecular weight excluding hydrogens is 263 g/mol. The van der Waals surface area contributed by atoms with Gasteiger partial charge in [0.2, 0.25) is 5.82 Å². The Labute approximate surface area is 108 Å². The van der Waals surface area contributed by atoms with Gasteiger partial charge in [0.25, 0.3) is 0 Å². The van der Waals surface area contributed by atoms with Gasteiger partial charge in [-0.3, -0.25) is 0 Å². The van der Waals surface area contributed by atoms with Crippen LogP contribution in [-0.4, -0.2) is 34.8 Å². The molecule has 0 fully saturated rings. The number of alkyl halides is 3. The number of hydrogen-bond acceptors (Lipinski definition) is 6. The van der Waals surface area contributed by atoms with E-state index in [1.165, 1.54) is 11.0 Å². The molecule has 0 aromatic carbocycles. The first-order chi connectivity index (χ1) is 8.92. The van der Waals surface area contributed by atoms with Crippen LogP contribution in [0.1, 0.15) is 19.2 Å². The van der Waals surface area contributed by atoms with E-state index in [2.05, 4.69) is 15.4 Å². The van der Waals surface area contributed by atoms with Crippen LogP contribution in [0.5, 0.6) is 0 Å². The van der Waals surface area contributed by atoms with Gasteiger partial charge in [-0.25, -0.2) is 15.8 Å². The number of halogens is 3. The van der Waals surface area contributed by atoms with Gasteiger partial charge in [0.05, 0.1) is 6.61 Å². The van der Waals surface area contributed by atoms with E-state index in [9.17, 15) is 13.2 Å². The Balaban J connectivity index is 3.17. The maximum Gasteiger partial charge on any atom is 0.451 e. The summed E-state index contributed by atoms with van der Waals surface area (Å²) in [6, 6.07) is 1.31. The molecule has 0 spiro atoms. The fourth-order valence-corrected chi connectivity index (χ4v) is 1.53. The van der Waals surface area contributed by atoms with Crippen molar-refractivity contribution in [2.75, 3.05) is 30.0 Å². The molecule has 0 aliphatic heterocycles. The number of hydrazine groups is 1. The van der Waals surface area contributed by atoms with Gasteiger partial charge in [-0.15, -0.1) is 0 Å². The minimum absolute atomic E-state index is 0.0752.